The Morgan fingerprint density at radius 2 is 2.44 bits per heavy atom. The Kier molecular flexibility index (Phi) is 3.58. The fraction of sp³-hybridized carbons (Fsp3) is 0.833. The lowest BCUT2D eigenvalue weighted by Gasteiger charge is -2.27. The molecule has 0 aromatic carbocycles. The van der Waals surface area contributed by atoms with Gasteiger partial charge in [-0.2, -0.15) is 4.98 Å². The van der Waals surface area contributed by atoms with E-state index in [1.165, 1.54) is 6.42 Å². The van der Waals surface area contributed by atoms with Gasteiger partial charge in [0.05, 0.1) is 6.61 Å². The zero-order chi connectivity index (χ0) is 12.4. The first-order valence-electron chi connectivity index (χ1n) is 6.64. The van der Waals surface area contributed by atoms with Gasteiger partial charge < -0.3 is 19.5 Å². The third-order valence-electron chi connectivity index (χ3n) is 3.67. The molecule has 3 heterocycles. The molecule has 2 saturated heterocycles. The average Bonchev–Trinajstić information content (AvgIpc) is 3.01. The van der Waals surface area contributed by atoms with Gasteiger partial charge in [0.25, 0.3) is 0 Å². The molecule has 3 rings (SSSR count). The number of morpholine rings is 1. The summed E-state index contributed by atoms with van der Waals surface area (Å²) in [4.78, 5) is 6.70. The van der Waals surface area contributed by atoms with E-state index < -0.39 is 0 Å². The zero-order valence-corrected chi connectivity index (χ0v) is 10.8. The molecule has 6 heteroatoms. The first-order chi connectivity index (χ1) is 8.81. The molecule has 2 aliphatic rings. The molecule has 6 nitrogen and oxygen atoms in total. The molecule has 1 N–H and O–H groups in total. The first-order valence-corrected chi connectivity index (χ1v) is 6.64. The van der Waals surface area contributed by atoms with Gasteiger partial charge in [0.2, 0.25) is 11.7 Å². The highest BCUT2D eigenvalue weighted by Gasteiger charge is 2.25. The predicted octanol–water partition coefficient (Wildman–Crippen LogP) is 0.225. The fourth-order valence-corrected chi connectivity index (χ4v) is 2.55. The lowest BCUT2D eigenvalue weighted by Crippen LogP contribution is -2.35. The maximum absolute atomic E-state index is 5.68. The number of likely N-dealkylation sites (N-methyl/N-ethyl adjacent to an activating group) is 1. The van der Waals surface area contributed by atoms with Crippen LogP contribution in [0.3, 0.4) is 0 Å². The molecule has 0 amide bonds. The number of nitrogens with one attached hydrogen (secondary N) is 1. The molecule has 18 heavy (non-hydrogen) atoms. The van der Waals surface area contributed by atoms with Gasteiger partial charge in [-0.3, -0.25) is 0 Å². The van der Waals surface area contributed by atoms with E-state index in [-0.39, 0.29) is 6.10 Å². The van der Waals surface area contributed by atoms with Crippen LogP contribution in [0.25, 0.3) is 0 Å². The van der Waals surface area contributed by atoms with Crippen molar-refractivity contribution in [1.82, 2.24) is 20.4 Å². The van der Waals surface area contributed by atoms with Crippen molar-refractivity contribution in [1.29, 1.82) is 0 Å². The van der Waals surface area contributed by atoms with Gasteiger partial charge in [0.15, 0.2) is 0 Å². The normalized spacial score (nSPS) is 29.8. The lowest BCUT2D eigenvalue weighted by molar-refractivity contribution is -0.0264. The number of aromatic nitrogens is 2. The van der Waals surface area contributed by atoms with E-state index in [4.69, 9.17) is 9.26 Å². The average molecular weight is 252 g/mol. The monoisotopic (exact) mass is 252 g/mol. The third-order valence-corrected chi connectivity index (χ3v) is 3.67. The smallest absolute Gasteiger partial charge is 0.227 e. The second-order valence-electron chi connectivity index (χ2n) is 5.23. The van der Waals surface area contributed by atoms with Gasteiger partial charge in [-0.1, -0.05) is 5.16 Å². The minimum absolute atomic E-state index is 0.0389. The maximum atomic E-state index is 5.68. The van der Waals surface area contributed by atoms with E-state index in [0.717, 1.165) is 45.1 Å². The van der Waals surface area contributed by atoms with E-state index in [1.54, 1.807) is 0 Å². The van der Waals surface area contributed by atoms with Crippen LogP contribution in [0.1, 0.15) is 24.2 Å². The van der Waals surface area contributed by atoms with Crippen LogP contribution in [-0.4, -0.2) is 54.9 Å². The largest absolute Gasteiger partial charge is 0.367 e. The van der Waals surface area contributed by atoms with Crippen molar-refractivity contribution in [3.8, 4) is 0 Å². The lowest BCUT2D eigenvalue weighted by atomic mass is 10.1. The molecule has 2 unspecified atom stereocenters. The van der Waals surface area contributed by atoms with Gasteiger partial charge >= 0.3 is 0 Å². The molecule has 1 aromatic rings. The van der Waals surface area contributed by atoms with Crippen molar-refractivity contribution in [3.05, 3.63) is 11.7 Å². The molecule has 2 aliphatic heterocycles. The highest BCUT2D eigenvalue weighted by molar-refractivity contribution is 4.95. The number of rotatable bonds is 3. The summed E-state index contributed by atoms with van der Waals surface area (Å²) in [6.45, 7) is 4.69. The third kappa shape index (κ3) is 2.71. The molecule has 2 atom stereocenters. The number of nitrogens with zero attached hydrogens (tertiary/aromatic N) is 3. The minimum Gasteiger partial charge on any atom is -0.367 e. The van der Waals surface area contributed by atoms with Crippen LogP contribution in [0.4, 0.5) is 0 Å². The predicted molar refractivity (Wildman–Crippen MR) is 65.2 cm³/mol. The van der Waals surface area contributed by atoms with Crippen molar-refractivity contribution in [2.45, 2.75) is 18.9 Å². The molecule has 0 saturated carbocycles. The second-order valence-corrected chi connectivity index (χ2v) is 5.23. The molecular formula is C12H20N4O2. The van der Waals surface area contributed by atoms with Gasteiger partial charge in [-0.25, -0.2) is 0 Å². The van der Waals surface area contributed by atoms with Gasteiger partial charge in [-0.15, -0.1) is 0 Å². The van der Waals surface area contributed by atoms with E-state index in [2.05, 4.69) is 27.4 Å². The van der Waals surface area contributed by atoms with Crippen molar-refractivity contribution >= 4 is 0 Å². The van der Waals surface area contributed by atoms with E-state index >= 15 is 0 Å². The standard InChI is InChI=1S/C12H20N4O2/c1-16-4-5-17-10(8-16)12-14-11(18-15-12)6-9-2-3-13-7-9/h9-10,13H,2-8H2,1H3. The van der Waals surface area contributed by atoms with Crippen molar-refractivity contribution < 1.29 is 9.26 Å². The Bertz CT molecular complexity index is 389. The molecule has 0 radical (unpaired) electrons. The molecular weight excluding hydrogens is 232 g/mol. The molecule has 1 aromatic heterocycles. The summed E-state index contributed by atoms with van der Waals surface area (Å²) in [5.74, 6) is 2.08. The van der Waals surface area contributed by atoms with Crippen LogP contribution in [0.15, 0.2) is 4.52 Å². The van der Waals surface area contributed by atoms with Gasteiger partial charge in [0, 0.05) is 19.5 Å². The SMILES string of the molecule is CN1CCOC(c2noc(CC3CCNC3)n2)C1. The number of hydrogen-bond acceptors (Lipinski definition) is 6. The summed E-state index contributed by atoms with van der Waals surface area (Å²) < 4.78 is 11.0. The van der Waals surface area contributed by atoms with Crippen molar-refractivity contribution in [3.63, 3.8) is 0 Å². The molecule has 0 bridgehead atoms. The quantitative estimate of drug-likeness (QED) is 0.830. The molecule has 0 aliphatic carbocycles. The summed E-state index contributed by atoms with van der Waals surface area (Å²) >= 11 is 0. The molecule has 100 valence electrons. The van der Waals surface area contributed by atoms with Crippen LogP contribution < -0.4 is 5.32 Å². The summed E-state index contributed by atoms with van der Waals surface area (Å²) in [7, 11) is 2.08. The Morgan fingerprint density at radius 1 is 1.50 bits per heavy atom. The molecule has 2 fully saturated rings. The number of hydrogen-bond donors (Lipinski definition) is 1. The van der Waals surface area contributed by atoms with E-state index in [9.17, 15) is 0 Å². The van der Waals surface area contributed by atoms with Crippen LogP contribution in [0.2, 0.25) is 0 Å². The summed E-state index contributed by atoms with van der Waals surface area (Å²) in [6.07, 6.45) is 2.03. The summed E-state index contributed by atoms with van der Waals surface area (Å²) in [5, 5.41) is 7.41. The minimum atomic E-state index is -0.0389. The maximum Gasteiger partial charge on any atom is 0.227 e. The van der Waals surface area contributed by atoms with Crippen LogP contribution in [0, 0.1) is 5.92 Å². The van der Waals surface area contributed by atoms with Crippen molar-refractivity contribution in [2.75, 3.05) is 39.8 Å². The highest BCUT2D eigenvalue weighted by Crippen LogP contribution is 2.20. The van der Waals surface area contributed by atoms with Crippen molar-refractivity contribution in [2.24, 2.45) is 5.92 Å². The van der Waals surface area contributed by atoms with E-state index in [0.29, 0.717) is 11.7 Å². The Morgan fingerprint density at radius 3 is 3.22 bits per heavy atom. The van der Waals surface area contributed by atoms with Crippen LogP contribution in [0.5, 0.6) is 0 Å². The topological polar surface area (TPSA) is 63.4 Å². The summed E-state index contributed by atoms with van der Waals surface area (Å²) in [5.41, 5.74) is 0. The second kappa shape index (κ2) is 5.34. The number of ether oxygens (including phenoxy) is 1. The van der Waals surface area contributed by atoms with E-state index in [1.807, 2.05) is 0 Å². The first kappa shape index (κ1) is 12.1. The Labute approximate surface area is 107 Å². The molecule has 0 spiro atoms. The Balaban J connectivity index is 1.61. The van der Waals surface area contributed by atoms with Crippen LogP contribution in [-0.2, 0) is 11.2 Å². The van der Waals surface area contributed by atoms with Gasteiger partial charge in [0.1, 0.15) is 6.10 Å². The zero-order valence-electron chi connectivity index (χ0n) is 10.8. The summed E-state index contributed by atoms with van der Waals surface area (Å²) in [6, 6.07) is 0. The van der Waals surface area contributed by atoms with Crippen LogP contribution >= 0.6 is 0 Å². The highest BCUT2D eigenvalue weighted by atomic mass is 16.5. The fourth-order valence-electron chi connectivity index (χ4n) is 2.55. The Hall–Kier alpha value is -0.980. The van der Waals surface area contributed by atoms with Gasteiger partial charge in [-0.05, 0) is 32.5 Å².